The van der Waals surface area contributed by atoms with Crippen LogP contribution in [0, 0.1) is 13.8 Å². The third-order valence-corrected chi connectivity index (χ3v) is 5.12. The van der Waals surface area contributed by atoms with Crippen molar-refractivity contribution in [3.63, 3.8) is 0 Å². The molecule has 0 saturated carbocycles. The van der Waals surface area contributed by atoms with E-state index in [-0.39, 0.29) is 11.3 Å². The molecule has 0 aliphatic rings. The number of aromatic nitrogens is 1. The second-order valence-corrected chi connectivity index (χ2v) is 6.68. The van der Waals surface area contributed by atoms with Gasteiger partial charge in [-0.25, -0.2) is 4.98 Å². The van der Waals surface area contributed by atoms with Crippen molar-refractivity contribution in [3.8, 4) is 0 Å². The molecule has 0 fully saturated rings. The lowest BCUT2D eigenvalue weighted by Gasteiger charge is -2.18. The highest BCUT2D eigenvalue weighted by Gasteiger charge is 2.19. The van der Waals surface area contributed by atoms with E-state index in [2.05, 4.69) is 48.5 Å². The fourth-order valence-electron chi connectivity index (χ4n) is 1.87. The summed E-state index contributed by atoms with van der Waals surface area (Å²) in [4.78, 5) is 5.89. The van der Waals surface area contributed by atoms with Gasteiger partial charge in [0.2, 0.25) is 0 Å². The van der Waals surface area contributed by atoms with Gasteiger partial charge in [-0.2, -0.15) is 0 Å². The molecule has 2 rings (SSSR count). The van der Waals surface area contributed by atoms with Crippen LogP contribution in [0.25, 0.3) is 0 Å². The normalized spacial score (nSPS) is 14.4. The highest BCUT2D eigenvalue weighted by Crippen LogP contribution is 2.38. The lowest BCUT2D eigenvalue weighted by atomic mass is 10.2. The molecule has 0 bridgehead atoms. The van der Waals surface area contributed by atoms with Crippen LogP contribution in [0.3, 0.4) is 0 Å². The van der Waals surface area contributed by atoms with Crippen LogP contribution in [0.4, 0.5) is 0 Å². The molecule has 96 valence electrons. The van der Waals surface area contributed by atoms with Crippen LogP contribution >= 0.6 is 23.1 Å². The van der Waals surface area contributed by atoms with Gasteiger partial charge >= 0.3 is 0 Å². The molecule has 4 heteroatoms. The van der Waals surface area contributed by atoms with Gasteiger partial charge in [0.15, 0.2) is 0 Å². The summed E-state index contributed by atoms with van der Waals surface area (Å²) in [5.41, 5.74) is 8.42. The van der Waals surface area contributed by atoms with Crippen molar-refractivity contribution in [2.45, 2.75) is 37.1 Å². The van der Waals surface area contributed by atoms with Gasteiger partial charge in [-0.05, 0) is 49.9 Å². The van der Waals surface area contributed by atoms with Crippen LogP contribution in [-0.2, 0) is 0 Å². The third-order valence-electron chi connectivity index (χ3n) is 2.62. The highest BCUT2D eigenvalue weighted by atomic mass is 32.2. The first-order chi connectivity index (χ1) is 8.56. The maximum atomic E-state index is 6.11. The topological polar surface area (TPSA) is 38.9 Å². The van der Waals surface area contributed by atoms with Crippen LogP contribution in [0.2, 0.25) is 0 Å². The van der Waals surface area contributed by atoms with Crippen molar-refractivity contribution in [3.05, 3.63) is 45.8 Å². The Morgan fingerprint density at radius 1 is 1.33 bits per heavy atom. The molecule has 0 aliphatic carbocycles. The molecule has 2 atom stereocenters. The summed E-state index contributed by atoms with van der Waals surface area (Å²) in [7, 11) is 0. The van der Waals surface area contributed by atoms with E-state index in [1.54, 1.807) is 23.1 Å². The number of aryl methyl sites for hydroxylation is 2. The average molecular weight is 278 g/mol. The van der Waals surface area contributed by atoms with Crippen molar-refractivity contribution in [2.24, 2.45) is 5.73 Å². The van der Waals surface area contributed by atoms with Gasteiger partial charge in [0.05, 0.1) is 10.3 Å². The number of thiophene rings is 1. The molecular weight excluding hydrogens is 260 g/mol. The zero-order valence-electron chi connectivity index (χ0n) is 10.9. The number of nitrogens with zero attached hydrogens (tertiary/aromatic N) is 1. The molecule has 2 heterocycles. The number of rotatable bonds is 4. The molecule has 2 aromatic rings. The molecule has 0 amide bonds. The summed E-state index contributed by atoms with van der Waals surface area (Å²) in [5.74, 6) is 0. The summed E-state index contributed by atoms with van der Waals surface area (Å²) >= 11 is 3.52. The minimum Gasteiger partial charge on any atom is -0.327 e. The van der Waals surface area contributed by atoms with Crippen molar-refractivity contribution in [1.29, 1.82) is 0 Å². The van der Waals surface area contributed by atoms with Crippen molar-refractivity contribution >= 4 is 23.1 Å². The number of nitrogens with two attached hydrogens (primary N) is 1. The largest absolute Gasteiger partial charge is 0.327 e. The number of pyridine rings is 1. The van der Waals surface area contributed by atoms with Gasteiger partial charge in [0.1, 0.15) is 0 Å². The Morgan fingerprint density at radius 3 is 2.67 bits per heavy atom. The molecule has 0 aromatic carbocycles. The Kier molecular flexibility index (Phi) is 4.43. The Labute approximate surface area is 117 Å². The third kappa shape index (κ3) is 3.34. The first kappa shape index (κ1) is 13.6. The SMILES string of the molecule is Cc1cc(C)nc(SC(c2cccs2)C(C)N)c1. The van der Waals surface area contributed by atoms with E-state index in [4.69, 9.17) is 5.73 Å². The Bertz CT molecular complexity index is 486. The van der Waals surface area contributed by atoms with Crippen LogP contribution in [-0.4, -0.2) is 11.0 Å². The van der Waals surface area contributed by atoms with Gasteiger partial charge in [-0.15, -0.1) is 11.3 Å². The van der Waals surface area contributed by atoms with Gasteiger partial charge in [0, 0.05) is 16.6 Å². The Hall–Kier alpha value is -0.840. The van der Waals surface area contributed by atoms with E-state index < -0.39 is 0 Å². The van der Waals surface area contributed by atoms with E-state index in [0.717, 1.165) is 10.7 Å². The van der Waals surface area contributed by atoms with E-state index >= 15 is 0 Å². The zero-order chi connectivity index (χ0) is 13.1. The van der Waals surface area contributed by atoms with Crippen molar-refractivity contribution in [2.75, 3.05) is 0 Å². The fourth-order valence-corrected chi connectivity index (χ4v) is 4.12. The summed E-state index contributed by atoms with van der Waals surface area (Å²) < 4.78 is 0. The second kappa shape index (κ2) is 5.87. The van der Waals surface area contributed by atoms with E-state index in [0.29, 0.717) is 0 Å². The minimum atomic E-state index is 0.108. The molecule has 0 saturated heterocycles. The first-order valence-corrected chi connectivity index (χ1v) is 7.73. The number of hydrogen-bond donors (Lipinski definition) is 1. The predicted octanol–water partition coefficient (Wildman–Crippen LogP) is 3.94. The smallest absolute Gasteiger partial charge is 0.0972 e. The maximum absolute atomic E-state index is 6.11. The van der Waals surface area contributed by atoms with Gasteiger partial charge < -0.3 is 5.73 Å². The quantitative estimate of drug-likeness (QED) is 0.861. The number of thioether (sulfide) groups is 1. The second-order valence-electron chi connectivity index (χ2n) is 4.54. The average Bonchev–Trinajstić information content (AvgIpc) is 2.77. The molecule has 2 nitrogen and oxygen atoms in total. The summed E-state index contributed by atoms with van der Waals surface area (Å²) in [6, 6.07) is 8.55. The molecule has 2 unspecified atom stereocenters. The summed E-state index contributed by atoms with van der Waals surface area (Å²) in [5, 5.41) is 3.43. The van der Waals surface area contributed by atoms with Crippen LogP contribution in [0.15, 0.2) is 34.7 Å². The number of hydrogen-bond acceptors (Lipinski definition) is 4. The Balaban J connectivity index is 2.24. The molecule has 0 aliphatic heterocycles. The van der Waals surface area contributed by atoms with Gasteiger partial charge in [0.25, 0.3) is 0 Å². The first-order valence-electron chi connectivity index (χ1n) is 5.97. The Morgan fingerprint density at radius 2 is 2.11 bits per heavy atom. The predicted molar refractivity (Wildman–Crippen MR) is 80.3 cm³/mol. The monoisotopic (exact) mass is 278 g/mol. The lowest BCUT2D eigenvalue weighted by molar-refractivity contribution is 0.728. The van der Waals surface area contributed by atoms with Crippen molar-refractivity contribution < 1.29 is 0 Å². The molecule has 2 N–H and O–H groups in total. The molecule has 18 heavy (non-hydrogen) atoms. The van der Waals surface area contributed by atoms with Crippen LogP contribution in [0.5, 0.6) is 0 Å². The molecular formula is C14H18N2S2. The summed E-state index contributed by atoms with van der Waals surface area (Å²) in [6.45, 7) is 6.19. The van der Waals surface area contributed by atoms with Crippen LogP contribution in [0.1, 0.15) is 28.3 Å². The van der Waals surface area contributed by atoms with E-state index in [1.165, 1.54) is 10.4 Å². The highest BCUT2D eigenvalue weighted by molar-refractivity contribution is 7.99. The van der Waals surface area contributed by atoms with Crippen LogP contribution < -0.4 is 5.73 Å². The summed E-state index contributed by atoms with van der Waals surface area (Å²) in [6.07, 6.45) is 0. The van der Waals surface area contributed by atoms with Crippen molar-refractivity contribution in [1.82, 2.24) is 4.98 Å². The lowest BCUT2D eigenvalue weighted by Crippen LogP contribution is -2.22. The van der Waals surface area contributed by atoms with Gasteiger partial charge in [-0.1, -0.05) is 17.8 Å². The van der Waals surface area contributed by atoms with Gasteiger partial charge in [-0.3, -0.25) is 0 Å². The van der Waals surface area contributed by atoms with E-state index in [9.17, 15) is 0 Å². The fraction of sp³-hybridized carbons (Fsp3) is 0.357. The molecule has 0 radical (unpaired) electrons. The minimum absolute atomic E-state index is 0.108. The molecule has 2 aromatic heterocycles. The standard InChI is InChI=1S/C14H18N2S2/c1-9-7-10(2)16-13(8-9)18-14(11(3)15)12-5-4-6-17-12/h4-8,11,14H,15H2,1-3H3. The zero-order valence-corrected chi connectivity index (χ0v) is 12.5. The van der Waals surface area contributed by atoms with E-state index in [1.807, 2.05) is 6.92 Å². The molecule has 0 spiro atoms. The maximum Gasteiger partial charge on any atom is 0.0972 e.